The van der Waals surface area contributed by atoms with Crippen LogP contribution in [0.2, 0.25) is 0 Å². The number of amides is 2. The van der Waals surface area contributed by atoms with Crippen molar-refractivity contribution in [2.24, 2.45) is 5.41 Å². The molecule has 2 amide bonds. The van der Waals surface area contributed by atoms with Crippen molar-refractivity contribution in [1.82, 2.24) is 19.8 Å². The lowest BCUT2D eigenvalue weighted by atomic mass is 9.79. The van der Waals surface area contributed by atoms with E-state index in [4.69, 9.17) is 0 Å². The fourth-order valence-corrected chi connectivity index (χ4v) is 4.58. The van der Waals surface area contributed by atoms with E-state index in [2.05, 4.69) is 59.4 Å². The van der Waals surface area contributed by atoms with Crippen molar-refractivity contribution in [3.05, 3.63) is 83.4 Å². The summed E-state index contributed by atoms with van der Waals surface area (Å²) in [6, 6.07) is 16.8. The van der Waals surface area contributed by atoms with Crippen LogP contribution in [0.25, 0.3) is 11.1 Å². The van der Waals surface area contributed by atoms with Gasteiger partial charge in [0.05, 0.1) is 17.3 Å². The highest BCUT2D eigenvalue weighted by molar-refractivity contribution is 5.93. The molecule has 0 radical (unpaired) electrons. The second-order valence-corrected chi connectivity index (χ2v) is 9.24. The number of hydrogen-bond donors (Lipinski definition) is 0. The van der Waals surface area contributed by atoms with Crippen LogP contribution in [0.1, 0.15) is 33.7 Å². The van der Waals surface area contributed by atoms with Crippen molar-refractivity contribution >= 4 is 11.8 Å². The molecule has 0 N–H and O–H groups in total. The van der Waals surface area contributed by atoms with Crippen molar-refractivity contribution in [2.45, 2.75) is 26.7 Å². The fourth-order valence-electron chi connectivity index (χ4n) is 4.58. The normalized spacial score (nSPS) is 17.8. The number of rotatable bonds is 5. The van der Waals surface area contributed by atoms with Crippen molar-refractivity contribution in [3.63, 3.8) is 0 Å². The van der Waals surface area contributed by atoms with Gasteiger partial charge in [0.1, 0.15) is 5.69 Å². The molecular weight excluding hydrogens is 412 g/mol. The lowest BCUT2D eigenvalue weighted by Gasteiger charge is -2.31. The number of aromatic nitrogens is 2. The number of benzene rings is 2. The first-order valence-corrected chi connectivity index (χ1v) is 11.2. The first kappa shape index (κ1) is 22.6. The van der Waals surface area contributed by atoms with E-state index < -0.39 is 5.41 Å². The minimum Gasteiger partial charge on any atom is -0.348 e. The minimum atomic E-state index is -0.664. The van der Waals surface area contributed by atoms with Crippen LogP contribution in [0, 0.1) is 19.3 Å². The Labute approximate surface area is 195 Å². The maximum Gasteiger partial charge on any atom is 0.274 e. The number of hydrogen-bond acceptors (Lipinski definition) is 4. The summed E-state index contributed by atoms with van der Waals surface area (Å²) in [4.78, 5) is 38.2. The molecular formula is C27H30N4O2. The summed E-state index contributed by atoms with van der Waals surface area (Å²) in [5, 5.41) is 0. The Hall–Kier alpha value is -3.54. The van der Waals surface area contributed by atoms with Crippen LogP contribution in [0.3, 0.4) is 0 Å². The van der Waals surface area contributed by atoms with E-state index >= 15 is 0 Å². The van der Waals surface area contributed by atoms with Gasteiger partial charge in [-0.15, -0.1) is 0 Å². The third-order valence-corrected chi connectivity index (χ3v) is 6.36. The molecule has 0 unspecified atom stereocenters. The molecule has 33 heavy (non-hydrogen) atoms. The van der Waals surface area contributed by atoms with Crippen LogP contribution >= 0.6 is 0 Å². The van der Waals surface area contributed by atoms with Crippen molar-refractivity contribution in [3.8, 4) is 11.1 Å². The lowest BCUT2D eigenvalue weighted by molar-refractivity contribution is -0.138. The zero-order valence-electron chi connectivity index (χ0n) is 19.7. The molecule has 1 aliphatic rings. The molecule has 0 aliphatic carbocycles. The second-order valence-electron chi connectivity index (χ2n) is 9.24. The number of carbonyl (C=O) groups excluding carboxylic acids is 2. The molecule has 0 saturated carbocycles. The number of carbonyl (C=O) groups is 2. The monoisotopic (exact) mass is 442 g/mol. The van der Waals surface area contributed by atoms with Crippen LogP contribution in [0.5, 0.6) is 0 Å². The molecule has 6 nitrogen and oxygen atoms in total. The summed E-state index contributed by atoms with van der Waals surface area (Å²) in [6.07, 6.45) is 4.30. The summed E-state index contributed by atoms with van der Waals surface area (Å²) in [7, 11) is 3.56. The third-order valence-electron chi connectivity index (χ3n) is 6.36. The van der Waals surface area contributed by atoms with Crippen LogP contribution in [-0.2, 0) is 11.2 Å². The van der Waals surface area contributed by atoms with Gasteiger partial charge in [-0.05, 0) is 43.4 Å². The zero-order valence-corrected chi connectivity index (χ0v) is 19.7. The van der Waals surface area contributed by atoms with E-state index in [9.17, 15) is 9.59 Å². The van der Waals surface area contributed by atoms with E-state index in [1.165, 1.54) is 11.8 Å². The largest absolute Gasteiger partial charge is 0.348 e. The highest BCUT2D eigenvalue weighted by Crippen LogP contribution is 2.37. The molecule has 3 aromatic rings. The second kappa shape index (κ2) is 9.14. The molecule has 0 spiro atoms. The van der Waals surface area contributed by atoms with Gasteiger partial charge in [-0.25, -0.2) is 4.98 Å². The Morgan fingerprint density at radius 3 is 2.42 bits per heavy atom. The van der Waals surface area contributed by atoms with Crippen LogP contribution < -0.4 is 0 Å². The molecule has 6 heteroatoms. The molecule has 170 valence electrons. The summed E-state index contributed by atoms with van der Waals surface area (Å²) >= 11 is 0. The van der Waals surface area contributed by atoms with Crippen molar-refractivity contribution in [2.75, 3.05) is 27.2 Å². The summed E-state index contributed by atoms with van der Waals surface area (Å²) in [6.45, 7) is 4.80. The molecule has 1 fully saturated rings. The van der Waals surface area contributed by atoms with Gasteiger partial charge in [-0.3, -0.25) is 14.6 Å². The third kappa shape index (κ3) is 4.80. The van der Waals surface area contributed by atoms with E-state index in [0.717, 1.165) is 22.4 Å². The molecule has 0 bridgehead atoms. The van der Waals surface area contributed by atoms with Gasteiger partial charge in [0.2, 0.25) is 5.91 Å². The SMILES string of the molecule is Cc1ccc(-c2cccc(C[C@]3(C(=O)N(C)C)CCN(C(=O)c4cnc(C)cn4)C3)c2)cc1. The first-order chi connectivity index (χ1) is 15.8. The number of aryl methyl sites for hydroxylation is 2. The summed E-state index contributed by atoms with van der Waals surface area (Å²) in [5.41, 5.74) is 5.00. The predicted molar refractivity (Wildman–Crippen MR) is 129 cm³/mol. The summed E-state index contributed by atoms with van der Waals surface area (Å²) in [5.74, 6) is -0.127. The quantitative estimate of drug-likeness (QED) is 0.601. The van der Waals surface area contributed by atoms with Gasteiger partial charge >= 0.3 is 0 Å². The van der Waals surface area contributed by atoms with Gasteiger partial charge in [-0.1, -0.05) is 54.1 Å². The average Bonchev–Trinajstić information content (AvgIpc) is 3.24. The Bertz CT molecular complexity index is 1160. The van der Waals surface area contributed by atoms with Crippen molar-refractivity contribution < 1.29 is 9.59 Å². The Kier molecular flexibility index (Phi) is 6.27. The minimum absolute atomic E-state index is 0.0496. The lowest BCUT2D eigenvalue weighted by Crippen LogP contribution is -2.44. The topological polar surface area (TPSA) is 66.4 Å². The Balaban J connectivity index is 1.60. The highest BCUT2D eigenvalue weighted by atomic mass is 16.2. The molecule has 1 aromatic heterocycles. The highest BCUT2D eigenvalue weighted by Gasteiger charge is 2.47. The molecule has 2 heterocycles. The van der Waals surface area contributed by atoms with Gasteiger partial charge in [0.25, 0.3) is 5.91 Å². The van der Waals surface area contributed by atoms with Gasteiger partial charge < -0.3 is 9.80 Å². The van der Waals surface area contributed by atoms with E-state index in [1.807, 2.05) is 13.0 Å². The van der Waals surface area contributed by atoms with Gasteiger partial charge in [0, 0.05) is 33.4 Å². The Morgan fingerprint density at radius 1 is 1.00 bits per heavy atom. The molecule has 1 saturated heterocycles. The van der Waals surface area contributed by atoms with Crippen LogP contribution in [0.15, 0.2) is 60.9 Å². The average molecular weight is 443 g/mol. The summed E-state index contributed by atoms with van der Waals surface area (Å²) < 4.78 is 0. The van der Waals surface area contributed by atoms with Gasteiger partial charge in [-0.2, -0.15) is 0 Å². The molecule has 1 aliphatic heterocycles. The zero-order chi connectivity index (χ0) is 23.6. The van der Waals surface area contributed by atoms with E-state index in [0.29, 0.717) is 31.6 Å². The number of likely N-dealkylation sites (tertiary alicyclic amines) is 1. The van der Waals surface area contributed by atoms with Crippen LogP contribution in [-0.4, -0.2) is 58.8 Å². The molecule has 4 rings (SSSR count). The van der Waals surface area contributed by atoms with Crippen LogP contribution in [0.4, 0.5) is 0 Å². The standard InChI is InChI=1S/C27H30N4O2/c1-19-8-10-22(11-9-19)23-7-5-6-21(14-23)15-27(26(33)30(3)4)12-13-31(18-27)25(32)24-17-28-20(2)16-29-24/h5-11,14,16-17H,12-13,15,18H2,1-4H3/t27-/m1/s1. The predicted octanol–water partition coefficient (Wildman–Crippen LogP) is 3.92. The fraction of sp³-hybridized carbons (Fsp3) is 0.333. The smallest absolute Gasteiger partial charge is 0.274 e. The molecule has 1 atom stereocenters. The maximum atomic E-state index is 13.4. The van der Waals surface area contributed by atoms with Gasteiger partial charge in [0.15, 0.2) is 0 Å². The first-order valence-electron chi connectivity index (χ1n) is 11.2. The van der Waals surface area contributed by atoms with E-state index in [1.54, 1.807) is 30.1 Å². The maximum absolute atomic E-state index is 13.4. The van der Waals surface area contributed by atoms with E-state index in [-0.39, 0.29) is 11.8 Å². The Morgan fingerprint density at radius 2 is 1.76 bits per heavy atom. The number of nitrogens with zero attached hydrogens (tertiary/aromatic N) is 4. The van der Waals surface area contributed by atoms with Crippen molar-refractivity contribution in [1.29, 1.82) is 0 Å². The molecule has 2 aromatic carbocycles.